The van der Waals surface area contributed by atoms with Crippen molar-refractivity contribution in [3.8, 4) is 0 Å². The number of unbranched alkanes of at least 4 members (excludes halogenated alkanes) is 1. The molecule has 0 N–H and O–H groups in total. The second-order valence-electron chi connectivity index (χ2n) is 4.86. The summed E-state index contributed by atoms with van der Waals surface area (Å²) in [5.41, 5.74) is 0. The van der Waals surface area contributed by atoms with Gasteiger partial charge in [-0.1, -0.05) is 31.9 Å². The molecule has 5 atom stereocenters. The number of alkyl halides is 1. The molecule has 3 heteroatoms. The van der Waals surface area contributed by atoms with Gasteiger partial charge in [0.05, 0.1) is 5.38 Å². The van der Waals surface area contributed by atoms with Crippen molar-refractivity contribution in [1.29, 1.82) is 0 Å². The fourth-order valence-corrected chi connectivity index (χ4v) is 3.51. The highest BCUT2D eigenvalue weighted by atomic mass is 35.5. The molecule has 0 aromatic rings. The highest BCUT2D eigenvalue weighted by molar-refractivity contribution is 6.22. The van der Waals surface area contributed by atoms with Gasteiger partial charge in [0.25, 0.3) is 0 Å². The van der Waals surface area contributed by atoms with Gasteiger partial charge in [-0.15, -0.1) is 11.6 Å². The maximum Gasteiger partial charge on any atom is 0.302 e. The van der Waals surface area contributed by atoms with Crippen molar-refractivity contribution >= 4 is 17.6 Å². The molecule has 0 saturated heterocycles. The highest BCUT2D eigenvalue weighted by Gasteiger charge is 2.55. The van der Waals surface area contributed by atoms with E-state index in [1.165, 1.54) is 26.2 Å². The summed E-state index contributed by atoms with van der Waals surface area (Å²) in [4.78, 5) is 10.9. The first-order valence-electron chi connectivity index (χ1n) is 6.14. The van der Waals surface area contributed by atoms with Crippen molar-refractivity contribution in [2.24, 2.45) is 17.8 Å². The monoisotopic (exact) mass is 242 g/mol. The largest absolute Gasteiger partial charge is 0.460 e. The third-order valence-electron chi connectivity index (χ3n) is 3.77. The minimum Gasteiger partial charge on any atom is -0.460 e. The predicted molar refractivity (Wildman–Crippen MR) is 64.3 cm³/mol. The molecule has 0 amide bonds. The van der Waals surface area contributed by atoms with Crippen LogP contribution in [0, 0.1) is 17.8 Å². The molecule has 2 nitrogen and oxygen atoms in total. The summed E-state index contributed by atoms with van der Waals surface area (Å²) in [6.45, 7) is 3.65. The van der Waals surface area contributed by atoms with Crippen LogP contribution >= 0.6 is 11.6 Å². The van der Waals surface area contributed by atoms with Crippen molar-refractivity contribution in [2.75, 3.05) is 0 Å². The number of carbonyl (C=O) groups excluding carboxylic acids is 1. The van der Waals surface area contributed by atoms with E-state index in [2.05, 4.69) is 19.1 Å². The Morgan fingerprint density at radius 1 is 1.44 bits per heavy atom. The van der Waals surface area contributed by atoms with Crippen LogP contribution in [0.1, 0.15) is 33.1 Å². The van der Waals surface area contributed by atoms with Crippen molar-refractivity contribution in [3.05, 3.63) is 12.2 Å². The number of halogens is 1. The van der Waals surface area contributed by atoms with Crippen molar-refractivity contribution in [3.63, 3.8) is 0 Å². The van der Waals surface area contributed by atoms with E-state index in [0.717, 1.165) is 0 Å². The zero-order valence-electron chi connectivity index (χ0n) is 9.86. The second kappa shape index (κ2) is 4.79. The number of carbonyl (C=O) groups is 1. The molecule has 0 aromatic carbocycles. The highest BCUT2D eigenvalue weighted by Crippen LogP contribution is 2.51. The first-order chi connectivity index (χ1) is 7.65. The van der Waals surface area contributed by atoms with Crippen molar-refractivity contribution in [2.45, 2.75) is 44.6 Å². The third kappa shape index (κ3) is 2.00. The van der Waals surface area contributed by atoms with Gasteiger partial charge in [-0.25, -0.2) is 0 Å². The number of rotatable bonds is 4. The lowest BCUT2D eigenvalue weighted by Gasteiger charge is -2.46. The molecule has 16 heavy (non-hydrogen) atoms. The van der Waals surface area contributed by atoms with Crippen LogP contribution in [0.3, 0.4) is 0 Å². The summed E-state index contributed by atoms with van der Waals surface area (Å²) < 4.78 is 5.24. The van der Waals surface area contributed by atoms with Crippen molar-refractivity contribution in [1.82, 2.24) is 0 Å². The fourth-order valence-electron chi connectivity index (χ4n) is 2.94. The van der Waals surface area contributed by atoms with Gasteiger partial charge < -0.3 is 4.74 Å². The summed E-state index contributed by atoms with van der Waals surface area (Å²) in [5, 5.41) is 0.00533. The van der Waals surface area contributed by atoms with E-state index < -0.39 is 0 Å². The average Bonchev–Trinajstić information content (AvgIpc) is 2.62. The molecular weight excluding hydrogens is 224 g/mol. The molecule has 90 valence electrons. The smallest absolute Gasteiger partial charge is 0.302 e. The molecule has 2 aliphatic carbocycles. The van der Waals surface area contributed by atoms with Gasteiger partial charge >= 0.3 is 5.97 Å². The van der Waals surface area contributed by atoms with Gasteiger partial charge in [0, 0.05) is 12.8 Å². The van der Waals surface area contributed by atoms with Gasteiger partial charge in [0.2, 0.25) is 0 Å². The molecule has 0 aliphatic heterocycles. The Labute approximate surface area is 102 Å². The van der Waals surface area contributed by atoms with Gasteiger partial charge in [-0.05, 0) is 18.3 Å². The van der Waals surface area contributed by atoms with Crippen LogP contribution in [0.5, 0.6) is 0 Å². The molecule has 2 rings (SSSR count). The van der Waals surface area contributed by atoms with Crippen LogP contribution in [0.4, 0.5) is 0 Å². The topological polar surface area (TPSA) is 26.3 Å². The number of fused-ring (bicyclic) bond motifs is 1. The quantitative estimate of drug-likeness (QED) is 0.430. The lowest BCUT2D eigenvalue weighted by molar-refractivity contribution is -0.157. The normalized spacial score (nSPS) is 40.3. The number of esters is 1. The Balaban J connectivity index is 1.91. The van der Waals surface area contributed by atoms with Crippen LogP contribution in [0.2, 0.25) is 0 Å². The Hall–Kier alpha value is -0.500. The molecule has 0 heterocycles. The van der Waals surface area contributed by atoms with E-state index in [9.17, 15) is 4.79 Å². The van der Waals surface area contributed by atoms with E-state index in [1.807, 2.05) is 0 Å². The first kappa shape index (κ1) is 12.0. The molecule has 1 fully saturated rings. The maximum atomic E-state index is 10.9. The zero-order chi connectivity index (χ0) is 11.7. The Kier molecular flexibility index (Phi) is 3.58. The maximum absolute atomic E-state index is 10.9. The van der Waals surface area contributed by atoms with E-state index in [4.69, 9.17) is 16.3 Å². The number of hydrogen-bond acceptors (Lipinski definition) is 2. The van der Waals surface area contributed by atoms with Gasteiger partial charge in [-0.3, -0.25) is 4.79 Å². The Morgan fingerprint density at radius 2 is 2.19 bits per heavy atom. The van der Waals surface area contributed by atoms with Gasteiger partial charge in [0.15, 0.2) is 0 Å². The standard InChI is InChI=1S/C13H19ClO2/c1-3-4-5-9-6-7-10-11(9)12(14)13(10)16-8(2)15/h6-7,9-13H,3-5H2,1-2H3/t9-,10+,11-,12-,13+/m0/s1. The summed E-state index contributed by atoms with van der Waals surface area (Å²) in [7, 11) is 0. The molecular formula is C13H19ClO2. The molecule has 0 radical (unpaired) electrons. The minimum absolute atomic E-state index is 0.00533. The summed E-state index contributed by atoms with van der Waals surface area (Å²) in [5.74, 6) is 1.24. The number of allylic oxidation sites excluding steroid dienone is 1. The SMILES string of the molecule is CCCC[C@H]1C=C[C@H]2[C@@H](OC(C)=O)[C@@H](Cl)[C@H]21. The fraction of sp³-hybridized carbons (Fsp3) is 0.769. The first-order valence-corrected chi connectivity index (χ1v) is 6.58. The average molecular weight is 243 g/mol. The lowest BCUT2D eigenvalue weighted by atomic mass is 9.68. The van der Waals surface area contributed by atoms with Crippen LogP contribution < -0.4 is 0 Å². The molecule has 0 unspecified atom stereocenters. The van der Waals surface area contributed by atoms with Gasteiger partial charge in [0.1, 0.15) is 6.10 Å². The molecule has 0 bridgehead atoms. The zero-order valence-corrected chi connectivity index (χ0v) is 10.6. The van der Waals surface area contributed by atoms with Crippen LogP contribution in [0.25, 0.3) is 0 Å². The minimum atomic E-state index is -0.223. The summed E-state index contributed by atoms with van der Waals surface area (Å²) >= 11 is 6.32. The second-order valence-corrected chi connectivity index (χ2v) is 5.37. The Bertz CT molecular complexity index is 300. The predicted octanol–water partition coefficient (Wildman–Crippen LogP) is 3.15. The van der Waals surface area contributed by atoms with Crippen LogP contribution in [0.15, 0.2) is 12.2 Å². The number of hydrogen-bond donors (Lipinski definition) is 0. The molecule has 1 saturated carbocycles. The van der Waals surface area contributed by atoms with Gasteiger partial charge in [-0.2, -0.15) is 0 Å². The number of ether oxygens (including phenoxy) is 1. The summed E-state index contributed by atoms with van der Waals surface area (Å²) in [6.07, 6.45) is 8.06. The Morgan fingerprint density at radius 3 is 2.81 bits per heavy atom. The molecule has 2 aliphatic rings. The molecule has 0 aromatic heterocycles. The van der Waals surface area contributed by atoms with Crippen molar-refractivity contribution < 1.29 is 9.53 Å². The van der Waals surface area contributed by atoms with Crippen LogP contribution in [-0.2, 0) is 9.53 Å². The lowest BCUT2D eigenvalue weighted by Crippen LogP contribution is -2.54. The summed E-state index contributed by atoms with van der Waals surface area (Å²) in [6, 6.07) is 0. The van der Waals surface area contributed by atoms with E-state index in [0.29, 0.717) is 17.8 Å². The van der Waals surface area contributed by atoms with E-state index >= 15 is 0 Å². The van der Waals surface area contributed by atoms with E-state index in [-0.39, 0.29) is 17.5 Å². The van der Waals surface area contributed by atoms with Crippen LogP contribution in [-0.4, -0.2) is 17.5 Å². The van der Waals surface area contributed by atoms with E-state index in [1.54, 1.807) is 0 Å². The molecule has 0 spiro atoms. The third-order valence-corrected chi connectivity index (χ3v) is 4.31.